The smallest absolute Gasteiger partial charge is 0.0543 e. The van der Waals surface area contributed by atoms with Crippen molar-refractivity contribution in [2.24, 2.45) is 0 Å². The van der Waals surface area contributed by atoms with Crippen molar-refractivity contribution in [1.29, 1.82) is 0 Å². The molecule has 0 aliphatic carbocycles. The van der Waals surface area contributed by atoms with Crippen molar-refractivity contribution in [1.82, 2.24) is 15.1 Å². The van der Waals surface area contributed by atoms with E-state index < -0.39 is 0 Å². The number of aryl methyl sites for hydroxylation is 2. The van der Waals surface area contributed by atoms with Crippen molar-refractivity contribution >= 4 is 0 Å². The first kappa shape index (κ1) is 15.8. The lowest BCUT2D eigenvalue weighted by atomic mass is 10.0. The molecule has 0 aliphatic rings. The Labute approximate surface area is 128 Å². The van der Waals surface area contributed by atoms with E-state index in [9.17, 15) is 0 Å². The Morgan fingerprint density at radius 2 is 1.95 bits per heavy atom. The maximum Gasteiger partial charge on any atom is 0.0543 e. The second-order valence-corrected chi connectivity index (χ2v) is 6.93. The average molecular weight is 285 g/mol. The van der Waals surface area contributed by atoms with Crippen molar-refractivity contribution in [3.63, 3.8) is 0 Å². The standard InChI is InChI=1S/C18H27N3/c1-13-7-8-17(14(2)9-13)15(3)19-10-16-11-20-21(12-16)18(4,5)6/h7-9,11-12,15,19H,10H2,1-6H3. The van der Waals surface area contributed by atoms with E-state index in [-0.39, 0.29) is 5.54 Å². The van der Waals surface area contributed by atoms with Gasteiger partial charge in [0.05, 0.1) is 11.7 Å². The van der Waals surface area contributed by atoms with Crippen LogP contribution in [0.5, 0.6) is 0 Å². The van der Waals surface area contributed by atoms with Crippen LogP contribution in [0.4, 0.5) is 0 Å². The molecule has 2 rings (SSSR count). The molecule has 114 valence electrons. The highest BCUT2D eigenvalue weighted by atomic mass is 15.3. The van der Waals surface area contributed by atoms with Gasteiger partial charge in [-0.2, -0.15) is 5.10 Å². The zero-order valence-electron chi connectivity index (χ0n) is 14.1. The zero-order chi connectivity index (χ0) is 15.6. The highest BCUT2D eigenvalue weighted by molar-refractivity contribution is 5.32. The predicted molar refractivity (Wildman–Crippen MR) is 88.4 cm³/mol. The molecule has 0 saturated heterocycles. The molecule has 1 N–H and O–H groups in total. The highest BCUT2D eigenvalue weighted by Crippen LogP contribution is 2.19. The number of hydrogen-bond donors (Lipinski definition) is 1. The van der Waals surface area contributed by atoms with Crippen LogP contribution in [0.2, 0.25) is 0 Å². The van der Waals surface area contributed by atoms with Gasteiger partial charge in [-0.25, -0.2) is 0 Å². The first-order valence-electron chi connectivity index (χ1n) is 7.62. The molecule has 1 aromatic heterocycles. The van der Waals surface area contributed by atoms with Crippen molar-refractivity contribution in [3.8, 4) is 0 Å². The molecule has 0 amide bonds. The molecule has 0 aliphatic heterocycles. The van der Waals surface area contributed by atoms with Gasteiger partial charge in [0.1, 0.15) is 0 Å². The van der Waals surface area contributed by atoms with Gasteiger partial charge in [-0.3, -0.25) is 4.68 Å². The molecule has 2 aromatic rings. The summed E-state index contributed by atoms with van der Waals surface area (Å²) in [6.45, 7) is 13.9. The summed E-state index contributed by atoms with van der Waals surface area (Å²) in [6.07, 6.45) is 4.08. The third kappa shape index (κ3) is 3.94. The number of rotatable bonds is 4. The first-order valence-corrected chi connectivity index (χ1v) is 7.62. The Hall–Kier alpha value is -1.61. The minimum atomic E-state index is 0.0391. The molecular formula is C18H27N3. The molecule has 0 saturated carbocycles. The number of nitrogens with zero attached hydrogens (tertiary/aromatic N) is 2. The Bertz CT molecular complexity index is 605. The van der Waals surface area contributed by atoms with E-state index in [1.807, 2.05) is 10.9 Å². The molecule has 0 bridgehead atoms. The van der Waals surface area contributed by atoms with E-state index in [4.69, 9.17) is 0 Å². The lowest BCUT2D eigenvalue weighted by Gasteiger charge is -2.19. The van der Waals surface area contributed by atoms with Crippen LogP contribution < -0.4 is 5.32 Å². The molecule has 0 spiro atoms. The van der Waals surface area contributed by atoms with Gasteiger partial charge < -0.3 is 5.32 Å². The summed E-state index contributed by atoms with van der Waals surface area (Å²) in [5, 5.41) is 8.03. The van der Waals surface area contributed by atoms with Gasteiger partial charge in [0.2, 0.25) is 0 Å². The Morgan fingerprint density at radius 1 is 1.24 bits per heavy atom. The van der Waals surface area contributed by atoms with Gasteiger partial charge in [0, 0.05) is 24.3 Å². The van der Waals surface area contributed by atoms with E-state index in [0.717, 1.165) is 6.54 Å². The predicted octanol–water partition coefficient (Wildman–Crippen LogP) is 4.11. The normalized spacial score (nSPS) is 13.4. The molecule has 21 heavy (non-hydrogen) atoms. The monoisotopic (exact) mass is 285 g/mol. The summed E-state index contributed by atoms with van der Waals surface area (Å²) in [5.41, 5.74) is 5.29. The minimum Gasteiger partial charge on any atom is -0.306 e. The third-order valence-corrected chi connectivity index (χ3v) is 3.83. The van der Waals surface area contributed by atoms with Crippen LogP contribution in [0.25, 0.3) is 0 Å². The van der Waals surface area contributed by atoms with Crippen molar-refractivity contribution in [2.75, 3.05) is 0 Å². The average Bonchev–Trinajstić information content (AvgIpc) is 2.84. The summed E-state index contributed by atoms with van der Waals surface area (Å²) >= 11 is 0. The first-order chi connectivity index (χ1) is 9.77. The summed E-state index contributed by atoms with van der Waals surface area (Å²) in [7, 11) is 0. The molecule has 3 nitrogen and oxygen atoms in total. The van der Waals surface area contributed by atoms with Gasteiger partial charge in [-0.15, -0.1) is 0 Å². The van der Waals surface area contributed by atoms with Gasteiger partial charge in [-0.05, 0) is 52.7 Å². The summed E-state index contributed by atoms with van der Waals surface area (Å²) in [6, 6.07) is 6.98. The molecule has 1 atom stereocenters. The van der Waals surface area contributed by atoms with Gasteiger partial charge in [0.15, 0.2) is 0 Å². The SMILES string of the molecule is Cc1ccc(C(C)NCc2cnn(C(C)(C)C)c2)c(C)c1. The van der Waals surface area contributed by atoms with E-state index >= 15 is 0 Å². The molecule has 1 aromatic carbocycles. The van der Waals surface area contributed by atoms with Gasteiger partial charge in [0.25, 0.3) is 0 Å². The molecule has 3 heteroatoms. The number of nitrogens with one attached hydrogen (secondary N) is 1. The highest BCUT2D eigenvalue weighted by Gasteiger charge is 2.14. The van der Waals surface area contributed by atoms with Crippen LogP contribution in [-0.4, -0.2) is 9.78 Å². The number of benzene rings is 1. The Balaban J connectivity index is 2.01. The van der Waals surface area contributed by atoms with Crippen LogP contribution in [0.15, 0.2) is 30.6 Å². The second-order valence-electron chi connectivity index (χ2n) is 6.93. The topological polar surface area (TPSA) is 29.9 Å². The summed E-state index contributed by atoms with van der Waals surface area (Å²) in [5.74, 6) is 0. The molecular weight excluding hydrogens is 258 g/mol. The van der Waals surface area contributed by atoms with Crippen LogP contribution in [0.1, 0.15) is 56.0 Å². The fraction of sp³-hybridized carbons (Fsp3) is 0.500. The molecule has 0 radical (unpaired) electrons. The number of hydrogen-bond acceptors (Lipinski definition) is 2. The Kier molecular flexibility index (Phi) is 4.52. The van der Waals surface area contributed by atoms with Gasteiger partial charge >= 0.3 is 0 Å². The summed E-state index contributed by atoms with van der Waals surface area (Å²) in [4.78, 5) is 0. The van der Waals surface area contributed by atoms with Crippen LogP contribution in [-0.2, 0) is 12.1 Å². The van der Waals surface area contributed by atoms with Gasteiger partial charge in [-0.1, -0.05) is 23.8 Å². The molecule has 1 heterocycles. The van der Waals surface area contributed by atoms with E-state index in [2.05, 4.69) is 76.4 Å². The van der Waals surface area contributed by atoms with E-state index in [1.165, 1.54) is 22.3 Å². The molecule has 0 fully saturated rings. The lowest BCUT2D eigenvalue weighted by Crippen LogP contribution is -2.22. The number of aromatic nitrogens is 2. The maximum atomic E-state index is 4.44. The second kappa shape index (κ2) is 6.02. The van der Waals surface area contributed by atoms with Crippen LogP contribution >= 0.6 is 0 Å². The van der Waals surface area contributed by atoms with Crippen LogP contribution in [0.3, 0.4) is 0 Å². The van der Waals surface area contributed by atoms with E-state index in [0.29, 0.717) is 6.04 Å². The largest absolute Gasteiger partial charge is 0.306 e. The van der Waals surface area contributed by atoms with Crippen LogP contribution in [0, 0.1) is 13.8 Å². The fourth-order valence-electron chi connectivity index (χ4n) is 2.51. The quantitative estimate of drug-likeness (QED) is 0.916. The third-order valence-electron chi connectivity index (χ3n) is 3.83. The Morgan fingerprint density at radius 3 is 2.52 bits per heavy atom. The van der Waals surface area contributed by atoms with Crippen molar-refractivity contribution in [3.05, 3.63) is 52.8 Å². The summed E-state index contributed by atoms with van der Waals surface area (Å²) < 4.78 is 2.02. The molecule has 1 unspecified atom stereocenters. The fourth-order valence-corrected chi connectivity index (χ4v) is 2.51. The van der Waals surface area contributed by atoms with Crippen molar-refractivity contribution < 1.29 is 0 Å². The van der Waals surface area contributed by atoms with E-state index in [1.54, 1.807) is 0 Å². The maximum absolute atomic E-state index is 4.44. The van der Waals surface area contributed by atoms with Crippen molar-refractivity contribution in [2.45, 2.75) is 59.7 Å². The minimum absolute atomic E-state index is 0.0391. The lowest BCUT2D eigenvalue weighted by molar-refractivity contribution is 0.355. The zero-order valence-corrected chi connectivity index (χ0v) is 14.1.